The van der Waals surface area contributed by atoms with Crippen LogP contribution in [0.2, 0.25) is 0 Å². The number of aryl methyl sites for hydroxylation is 1. The van der Waals surface area contributed by atoms with Gasteiger partial charge < -0.3 is 9.47 Å². The molecular formula is C20H21N3O. The molecule has 1 aliphatic heterocycles. The molecule has 4 nitrogen and oxygen atoms in total. The van der Waals surface area contributed by atoms with Gasteiger partial charge in [-0.05, 0) is 24.6 Å². The van der Waals surface area contributed by atoms with Crippen molar-refractivity contribution in [3.8, 4) is 0 Å². The largest absolute Gasteiger partial charge is 0.345 e. The van der Waals surface area contributed by atoms with Gasteiger partial charge in [-0.15, -0.1) is 0 Å². The van der Waals surface area contributed by atoms with E-state index in [4.69, 9.17) is 4.98 Å². The van der Waals surface area contributed by atoms with Crippen molar-refractivity contribution in [2.24, 2.45) is 0 Å². The number of para-hydroxylation sites is 2. The van der Waals surface area contributed by atoms with Crippen LogP contribution in [0.4, 0.5) is 0 Å². The van der Waals surface area contributed by atoms with Gasteiger partial charge in [0.25, 0.3) is 0 Å². The van der Waals surface area contributed by atoms with E-state index < -0.39 is 0 Å². The highest BCUT2D eigenvalue weighted by Crippen LogP contribution is 2.30. The Balaban J connectivity index is 1.78. The highest BCUT2D eigenvalue weighted by atomic mass is 16.2. The van der Waals surface area contributed by atoms with Crippen molar-refractivity contribution < 1.29 is 4.79 Å². The number of nitrogens with zero attached hydrogens (tertiary/aromatic N) is 3. The van der Waals surface area contributed by atoms with Crippen LogP contribution in [0.3, 0.4) is 0 Å². The quantitative estimate of drug-likeness (QED) is 0.742. The number of aromatic nitrogens is 2. The molecule has 0 unspecified atom stereocenters. The van der Waals surface area contributed by atoms with Crippen molar-refractivity contribution in [2.45, 2.75) is 25.8 Å². The molecule has 1 amide bonds. The Morgan fingerprint density at radius 1 is 1.12 bits per heavy atom. The fraction of sp³-hybridized carbons (Fsp3) is 0.300. The summed E-state index contributed by atoms with van der Waals surface area (Å²) in [5.41, 5.74) is 4.65. The molecule has 2 heterocycles. The molecule has 4 rings (SSSR count). The highest BCUT2D eigenvalue weighted by molar-refractivity contribution is 5.80. The van der Waals surface area contributed by atoms with E-state index in [9.17, 15) is 4.79 Å². The first kappa shape index (κ1) is 14.9. The van der Waals surface area contributed by atoms with E-state index in [2.05, 4.69) is 41.8 Å². The van der Waals surface area contributed by atoms with E-state index in [-0.39, 0.29) is 11.8 Å². The monoisotopic (exact) mass is 319 g/mol. The van der Waals surface area contributed by atoms with E-state index in [1.165, 1.54) is 11.1 Å². The van der Waals surface area contributed by atoms with Gasteiger partial charge in [0.2, 0.25) is 5.91 Å². The molecule has 2 aromatic carbocycles. The topological polar surface area (TPSA) is 38.1 Å². The zero-order valence-corrected chi connectivity index (χ0v) is 14.1. The number of carbonyl (C=O) groups is 1. The van der Waals surface area contributed by atoms with Crippen LogP contribution in [-0.2, 0) is 11.3 Å². The Kier molecular flexibility index (Phi) is 3.60. The standard InChI is InChI=1S/C20H21N3O/c1-14-7-9-15(10-8-14)12-23-18-6-4-3-5-17(18)21-20(23)16-11-19(24)22(2)13-16/h3-10,16H,11-13H2,1-2H3/t16-/m0/s1. The summed E-state index contributed by atoms with van der Waals surface area (Å²) in [6.45, 7) is 3.63. The van der Waals surface area contributed by atoms with Gasteiger partial charge in [-0.3, -0.25) is 4.79 Å². The van der Waals surface area contributed by atoms with Crippen molar-refractivity contribution in [1.82, 2.24) is 14.5 Å². The number of hydrogen-bond donors (Lipinski definition) is 0. The number of likely N-dealkylation sites (tertiary alicyclic amines) is 1. The van der Waals surface area contributed by atoms with Gasteiger partial charge in [0.15, 0.2) is 0 Å². The predicted molar refractivity (Wildman–Crippen MR) is 95.0 cm³/mol. The van der Waals surface area contributed by atoms with Crippen LogP contribution >= 0.6 is 0 Å². The van der Waals surface area contributed by atoms with Crippen molar-refractivity contribution in [3.05, 3.63) is 65.5 Å². The molecule has 1 atom stereocenters. The first-order valence-corrected chi connectivity index (χ1v) is 8.36. The summed E-state index contributed by atoms with van der Waals surface area (Å²) < 4.78 is 2.27. The maximum Gasteiger partial charge on any atom is 0.223 e. The van der Waals surface area contributed by atoms with Crippen LogP contribution in [0.1, 0.15) is 29.3 Å². The number of rotatable bonds is 3. The third-order valence-corrected chi connectivity index (χ3v) is 4.85. The number of fused-ring (bicyclic) bond motifs is 1. The van der Waals surface area contributed by atoms with Gasteiger partial charge in [-0.1, -0.05) is 42.0 Å². The van der Waals surface area contributed by atoms with Gasteiger partial charge in [-0.25, -0.2) is 4.98 Å². The van der Waals surface area contributed by atoms with Crippen LogP contribution in [-0.4, -0.2) is 34.0 Å². The molecule has 0 saturated carbocycles. The molecule has 0 bridgehead atoms. The molecule has 0 N–H and O–H groups in total. The number of benzene rings is 2. The molecule has 0 aliphatic carbocycles. The number of amides is 1. The number of hydrogen-bond acceptors (Lipinski definition) is 2. The molecule has 1 saturated heterocycles. The van der Waals surface area contributed by atoms with Crippen LogP contribution in [0.15, 0.2) is 48.5 Å². The lowest BCUT2D eigenvalue weighted by molar-refractivity contribution is -0.126. The van der Waals surface area contributed by atoms with Crippen LogP contribution in [0.25, 0.3) is 11.0 Å². The molecule has 1 fully saturated rings. The Labute approximate surface area is 141 Å². The zero-order valence-electron chi connectivity index (χ0n) is 14.1. The first-order valence-electron chi connectivity index (χ1n) is 8.36. The molecule has 0 spiro atoms. The second kappa shape index (κ2) is 5.78. The molecule has 0 radical (unpaired) electrons. The van der Waals surface area contributed by atoms with Crippen LogP contribution in [0.5, 0.6) is 0 Å². The Morgan fingerprint density at radius 3 is 2.58 bits per heavy atom. The molecular weight excluding hydrogens is 298 g/mol. The van der Waals surface area contributed by atoms with Crippen LogP contribution < -0.4 is 0 Å². The van der Waals surface area contributed by atoms with Gasteiger partial charge >= 0.3 is 0 Å². The van der Waals surface area contributed by atoms with Crippen molar-refractivity contribution >= 4 is 16.9 Å². The van der Waals surface area contributed by atoms with Gasteiger partial charge in [0.05, 0.1) is 11.0 Å². The Hall–Kier alpha value is -2.62. The minimum absolute atomic E-state index is 0.167. The number of carbonyl (C=O) groups excluding carboxylic acids is 1. The summed E-state index contributed by atoms with van der Waals surface area (Å²) in [6, 6.07) is 16.8. The Bertz CT molecular complexity index is 895. The van der Waals surface area contributed by atoms with Crippen molar-refractivity contribution in [3.63, 3.8) is 0 Å². The fourth-order valence-electron chi connectivity index (χ4n) is 3.48. The van der Waals surface area contributed by atoms with Crippen molar-refractivity contribution in [2.75, 3.05) is 13.6 Å². The summed E-state index contributed by atoms with van der Waals surface area (Å²) in [6.07, 6.45) is 0.549. The minimum Gasteiger partial charge on any atom is -0.345 e. The molecule has 1 aromatic heterocycles. The SMILES string of the molecule is Cc1ccc(Cn2c([C@H]3CC(=O)N(C)C3)nc3ccccc32)cc1. The Morgan fingerprint density at radius 2 is 1.88 bits per heavy atom. The van der Waals surface area contributed by atoms with E-state index in [1.807, 2.05) is 25.2 Å². The smallest absolute Gasteiger partial charge is 0.223 e. The van der Waals surface area contributed by atoms with E-state index in [1.54, 1.807) is 4.90 Å². The van der Waals surface area contributed by atoms with Crippen LogP contribution in [0, 0.1) is 6.92 Å². The summed E-state index contributed by atoms with van der Waals surface area (Å²) >= 11 is 0. The lowest BCUT2D eigenvalue weighted by atomic mass is 10.1. The molecule has 3 aromatic rings. The van der Waals surface area contributed by atoms with Crippen molar-refractivity contribution in [1.29, 1.82) is 0 Å². The number of likely N-dealkylation sites (N-methyl/N-ethyl adjacent to an activating group) is 1. The molecule has 1 aliphatic rings. The molecule has 24 heavy (non-hydrogen) atoms. The van der Waals surface area contributed by atoms with Gasteiger partial charge in [-0.2, -0.15) is 0 Å². The third kappa shape index (κ3) is 2.58. The maximum absolute atomic E-state index is 12.0. The summed E-state index contributed by atoms with van der Waals surface area (Å²) in [7, 11) is 1.87. The summed E-state index contributed by atoms with van der Waals surface area (Å²) in [4.78, 5) is 18.6. The van der Waals surface area contributed by atoms with E-state index >= 15 is 0 Å². The maximum atomic E-state index is 12.0. The first-order chi connectivity index (χ1) is 11.6. The third-order valence-electron chi connectivity index (χ3n) is 4.85. The second-order valence-corrected chi connectivity index (χ2v) is 6.71. The summed E-state index contributed by atoms with van der Waals surface area (Å²) in [5, 5.41) is 0. The lowest BCUT2D eigenvalue weighted by Gasteiger charge is -2.14. The average molecular weight is 319 g/mol. The zero-order chi connectivity index (χ0) is 16.7. The van der Waals surface area contributed by atoms with Gasteiger partial charge in [0.1, 0.15) is 5.82 Å². The number of imidazole rings is 1. The van der Waals surface area contributed by atoms with Gasteiger partial charge in [0, 0.05) is 32.5 Å². The highest BCUT2D eigenvalue weighted by Gasteiger charge is 2.31. The molecule has 122 valence electrons. The fourth-order valence-corrected chi connectivity index (χ4v) is 3.48. The predicted octanol–water partition coefficient (Wildman–Crippen LogP) is 3.34. The van der Waals surface area contributed by atoms with E-state index in [0.29, 0.717) is 6.42 Å². The normalized spacial score (nSPS) is 17.8. The summed E-state index contributed by atoms with van der Waals surface area (Å²) in [5.74, 6) is 1.39. The average Bonchev–Trinajstić information content (AvgIpc) is 3.11. The second-order valence-electron chi connectivity index (χ2n) is 6.71. The lowest BCUT2D eigenvalue weighted by Crippen LogP contribution is -2.19. The van der Waals surface area contributed by atoms with E-state index in [0.717, 1.165) is 29.9 Å². The molecule has 4 heteroatoms. The minimum atomic E-state index is 0.167.